The minimum atomic E-state index is -0.617. The third kappa shape index (κ3) is 28.5. The van der Waals surface area contributed by atoms with Gasteiger partial charge in [-0.25, -0.2) is 0 Å². The van der Waals surface area contributed by atoms with E-state index in [2.05, 4.69) is 13.8 Å². The largest absolute Gasteiger partial charge is 0.379 e. The Labute approximate surface area is 229 Å². The minimum Gasteiger partial charge on any atom is -0.379 e. The Kier molecular flexibility index (Phi) is 31.1. The zero-order valence-corrected chi connectivity index (χ0v) is 25.4. The van der Waals surface area contributed by atoms with Gasteiger partial charge in [-0.15, -0.1) is 0 Å². The van der Waals surface area contributed by atoms with Gasteiger partial charge in [0, 0.05) is 0 Å². The summed E-state index contributed by atoms with van der Waals surface area (Å²) in [5, 5.41) is 10.00. The van der Waals surface area contributed by atoms with E-state index in [1.165, 1.54) is 180 Å². The molecule has 3 N–H and O–H groups in total. The van der Waals surface area contributed by atoms with Crippen LogP contribution in [0.25, 0.3) is 0 Å². The summed E-state index contributed by atoms with van der Waals surface area (Å²) in [6, 6.07) is 0. The molecule has 0 saturated heterocycles. The quantitative estimate of drug-likeness (QED) is 0.0720. The van der Waals surface area contributed by atoms with Gasteiger partial charge in [0.2, 0.25) is 0 Å². The number of aliphatic hydroxyl groups is 1. The van der Waals surface area contributed by atoms with Crippen molar-refractivity contribution in [1.29, 1.82) is 0 Å². The third-order valence-electron chi connectivity index (χ3n) is 8.34. The van der Waals surface area contributed by atoms with Crippen molar-refractivity contribution in [2.24, 2.45) is 11.7 Å². The van der Waals surface area contributed by atoms with E-state index in [0.717, 1.165) is 12.8 Å². The van der Waals surface area contributed by atoms with E-state index >= 15 is 0 Å². The van der Waals surface area contributed by atoms with Crippen molar-refractivity contribution < 1.29 is 5.11 Å². The molecule has 0 aliphatic heterocycles. The van der Waals surface area contributed by atoms with Crippen molar-refractivity contribution in [2.75, 3.05) is 0 Å². The molecule has 1 atom stereocenters. The molecule has 0 saturated carbocycles. The van der Waals surface area contributed by atoms with E-state index in [1.54, 1.807) is 0 Å². The molecule has 1 unspecified atom stereocenters. The lowest BCUT2D eigenvalue weighted by Crippen LogP contribution is -2.29. The van der Waals surface area contributed by atoms with Gasteiger partial charge in [-0.1, -0.05) is 194 Å². The highest BCUT2D eigenvalue weighted by Crippen LogP contribution is 2.21. The number of nitrogens with two attached hydrogens (primary N) is 1. The maximum absolute atomic E-state index is 10.00. The summed E-state index contributed by atoms with van der Waals surface area (Å²) in [5.41, 5.74) is 5.90. The number of hydrogen-bond donors (Lipinski definition) is 2. The van der Waals surface area contributed by atoms with E-state index in [9.17, 15) is 5.11 Å². The molecular formula is C34H71NO. The van der Waals surface area contributed by atoms with Crippen LogP contribution in [0.3, 0.4) is 0 Å². The average molecular weight is 510 g/mol. The van der Waals surface area contributed by atoms with Crippen molar-refractivity contribution in [1.82, 2.24) is 0 Å². The predicted molar refractivity (Wildman–Crippen MR) is 164 cm³/mol. The molecule has 0 fully saturated rings. The maximum Gasteiger partial charge on any atom is 0.105 e. The summed E-state index contributed by atoms with van der Waals surface area (Å²) < 4.78 is 0. The Hall–Kier alpha value is -0.0800. The highest BCUT2D eigenvalue weighted by Gasteiger charge is 2.14. The fraction of sp³-hybridized carbons (Fsp3) is 1.00. The zero-order chi connectivity index (χ0) is 26.4. The first-order chi connectivity index (χ1) is 17.7. The van der Waals surface area contributed by atoms with Crippen LogP contribution in [0, 0.1) is 5.92 Å². The number of unbranched alkanes of at least 4 members (excludes halogenated alkanes) is 26. The minimum absolute atomic E-state index is 0.319. The van der Waals surface area contributed by atoms with Gasteiger partial charge in [-0.3, -0.25) is 0 Å². The van der Waals surface area contributed by atoms with Crippen LogP contribution in [0.4, 0.5) is 0 Å². The number of aliphatic hydroxyl groups excluding tert-OH is 1. The molecule has 2 heteroatoms. The molecule has 0 amide bonds. The van der Waals surface area contributed by atoms with E-state index in [0.29, 0.717) is 5.92 Å². The normalized spacial score (nSPS) is 12.6. The molecule has 0 aromatic rings. The second-order valence-electron chi connectivity index (χ2n) is 12.0. The van der Waals surface area contributed by atoms with E-state index in [4.69, 9.17) is 5.73 Å². The molecule has 218 valence electrons. The molecule has 0 aromatic carbocycles. The van der Waals surface area contributed by atoms with Crippen molar-refractivity contribution in [3.8, 4) is 0 Å². The van der Waals surface area contributed by atoms with Crippen molar-refractivity contribution in [2.45, 2.75) is 213 Å². The first-order valence-electron chi connectivity index (χ1n) is 17.2. The molecule has 0 aliphatic rings. The highest BCUT2D eigenvalue weighted by atomic mass is 16.3. The summed E-state index contributed by atoms with van der Waals surface area (Å²) in [6.45, 7) is 4.59. The Balaban J connectivity index is 3.39. The Morgan fingerprint density at radius 1 is 0.361 bits per heavy atom. The van der Waals surface area contributed by atoms with Crippen LogP contribution in [0.2, 0.25) is 0 Å². The lowest BCUT2D eigenvalue weighted by molar-refractivity contribution is 0.0997. The van der Waals surface area contributed by atoms with Crippen molar-refractivity contribution in [3.05, 3.63) is 0 Å². The molecule has 36 heavy (non-hydrogen) atoms. The first kappa shape index (κ1) is 35.9. The zero-order valence-electron chi connectivity index (χ0n) is 25.4. The Morgan fingerprint density at radius 2 is 0.556 bits per heavy atom. The van der Waals surface area contributed by atoms with Crippen molar-refractivity contribution >= 4 is 0 Å². The summed E-state index contributed by atoms with van der Waals surface area (Å²) >= 11 is 0. The van der Waals surface area contributed by atoms with Crippen LogP contribution >= 0.6 is 0 Å². The SMILES string of the molecule is CCCCCCCCCCCCCCCCC(CCCCCCCCCCCCCCCC)C(N)O. The standard InChI is InChI=1S/C34H71NO/c1-3-5-7-9-11-13-15-17-19-21-23-25-27-29-31-33(34(35)36)32-30-28-26-24-22-20-18-16-14-12-10-8-6-4-2/h33-34,36H,3-32,35H2,1-2H3. The fourth-order valence-corrected chi connectivity index (χ4v) is 5.69. The number of hydrogen-bond acceptors (Lipinski definition) is 2. The summed E-state index contributed by atoms with van der Waals surface area (Å²) in [4.78, 5) is 0. The smallest absolute Gasteiger partial charge is 0.105 e. The van der Waals surface area contributed by atoms with Crippen LogP contribution in [0.1, 0.15) is 206 Å². The van der Waals surface area contributed by atoms with Gasteiger partial charge < -0.3 is 10.8 Å². The molecule has 0 spiro atoms. The van der Waals surface area contributed by atoms with Gasteiger partial charge in [0.15, 0.2) is 0 Å². The van der Waals surface area contributed by atoms with Gasteiger partial charge >= 0.3 is 0 Å². The molecule has 0 bridgehead atoms. The second-order valence-corrected chi connectivity index (χ2v) is 12.0. The van der Waals surface area contributed by atoms with Gasteiger partial charge in [0.25, 0.3) is 0 Å². The van der Waals surface area contributed by atoms with Crippen LogP contribution in [0.15, 0.2) is 0 Å². The van der Waals surface area contributed by atoms with E-state index in [1.807, 2.05) is 0 Å². The lowest BCUT2D eigenvalue weighted by atomic mass is 9.93. The Bertz CT molecular complexity index is 351. The van der Waals surface area contributed by atoms with Gasteiger partial charge in [-0.2, -0.15) is 0 Å². The van der Waals surface area contributed by atoms with Gasteiger partial charge in [0.05, 0.1) is 0 Å². The van der Waals surface area contributed by atoms with E-state index in [-0.39, 0.29) is 0 Å². The van der Waals surface area contributed by atoms with Crippen LogP contribution in [0.5, 0.6) is 0 Å². The monoisotopic (exact) mass is 510 g/mol. The van der Waals surface area contributed by atoms with Crippen LogP contribution in [-0.2, 0) is 0 Å². The van der Waals surface area contributed by atoms with Gasteiger partial charge in [-0.05, 0) is 18.8 Å². The molecule has 0 rings (SSSR count). The molecule has 0 aliphatic carbocycles. The molecule has 2 nitrogen and oxygen atoms in total. The topological polar surface area (TPSA) is 46.2 Å². The maximum atomic E-state index is 10.00. The van der Waals surface area contributed by atoms with Crippen LogP contribution < -0.4 is 5.73 Å². The molecular weight excluding hydrogens is 438 g/mol. The summed E-state index contributed by atoms with van der Waals surface area (Å²) in [5.74, 6) is 0.319. The third-order valence-corrected chi connectivity index (χ3v) is 8.34. The molecule has 0 aromatic heterocycles. The summed E-state index contributed by atoms with van der Waals surface area (Å²) in [7, 11) is 0. The number of rotatable bonds is 31. The highest BCUT2D eigenvalue weighted by molar-refractivity contribution is 4.65. The van der Waals surface area contributed by atoms with Crippen LogP contribution in [-0.4, -0.2) is 11.3 Å². The lowest BCUT2D eigenvalue weighted by Gasteiger charge is -2.19. The molecule has 0 heterocycles. The van der Waals surface area contributed by atoms with Gasteiger partial charge in [0.1, 0.15) is 6.23 Å². The van der Waals surface area contributed by atoms with Crippen molar-refractivity contribution in [3.63, 3.8) is 0 Å². The fourth-order valence-electron chi connectivity index (χ4n) is 5.69. The second kappa shape index (κ2) is 31.1. The molecule has 0 radical (unpaired) electrons. The van der Waals surface area contributed by atoms with E-state index < -0.39 is 6.23 Å². The predicted octanol–water partition coefficient (Wildman–Crippen LogP) is 11.6. The summed E-state index contributed by atoms with van der Waals surface area (Å²) in [6.07, 6.45) is 40.9. The first-order valence-corrected chi connectivity index (χ1v) is 17.2. The Morgan fingerprint density at radius 3 is 0.750 bits per heavy atom. The average Bonchev–Trinajstić information content (AvgIpc) is 2.87.